The Labute approximate surface area is 168 Å². The summed E-state index contributed by atoms with van der Waals surface area (Å²) in [6.07, 6.45) is 0. The first-order valence-corrected chi connectivity index (χ1v) is 9.03. The van der Waals surface area contributed by atoms with Gasteiger partial charge >= 0.3 is 5.97 Å². The third-order valence-electron chi connectivity index (χ3n) is 4.39. The van der Waals surface area contributed by atoms with Gasteiger partial charge in [-0.2, -0.15) is 0 Å². The zero-order valence-corrected chi connectivity index (χ0v) is 16.6. The number of hydrogen-bond acceptors (Lipinski definition) is 7. The van der Waals surface area contributed by atoms with Crippen molar-refractivity contribution < 1.29 is 33.3 Å². The lowest BCUT2D eigenvalue weighted by Crippen LogP contribution is -2.31. The molecule has 0 aromatic heterocycles. The van der Waals surface area contributed by atoms with Crippen LogP contribution in [0.5, 0.6) is 23.0 Å². The first-order valence-electron chi connectivity index (χ1n) is 9.03. The SMILES string of the molecule is COC(=O)c1ccc(OCC(=O)N(C)Cc2ccc3c(c2)OCCO3)c(OC)c1. The number of fused-ring (bicyclic) bond motifs is 1. The summed E-state index contributed by atoms with van der Waals surface area (Å²) in [5.74, 6) is 1.40. The van der Waals surface area contributed by atoms with Crippen molar-refractivity contribution in [2.45, 2.75) is 6.54 Å². The lowest BCUT2D eigenvalue weighted by molar-refractivity contribution is -0.132. The number of hydrogen-bond donors (Lipinski definition) is 0. The van der Waals surface area contributed by atoms with Gasteiger partial charge in [0.1, 0.15) is 13.2 Å². The Morgan fingerprint density at radius 2 is 1.76 bits per heavy atom. The van der Waals surface area contributed by atoms with Crippen LogP contribution < -0.4 is 18.9 Å². The normalized spacial score (nSPS) is 12.1. The molecule has 0 radical (unpaired) electrons. The van der Waals surface area contributed by atoms with Crippen molar-refractivity contribution in [3.63, 3.8) is 0 Å². The lowest BCUT2D eigenvalue weighted by atomic mass is 10.2. The van der Waals surface area contributed by atoms with Gasteiger partial charge in [-0.3, -0.25) is 4.79 Å². The predicted octanol–water partition coefficient (Wildman–Crippen LogP) is 2.29. The quantitative estimate of drug-likeness (QED) is 0.658. The molecule has 0 unspecified atom stereocenters. The fourth-order valence-corrected chi connectivity index (χ4v) is 2.83. The molecule has 0 saturated heterocycles. The van der Waals surface area contributed by atoms with Crippen molar-refractivity contribution in [1.82, 2.24) is 4.90 Å². The number of carbonyl (C=O) groups excluding carboxylic acids is 2. The standard InChI is InChI=1S/C21H23NO7/c1-22(12-14-4-6-17-19(10-14)28-9-8-27-17)20(23)13-29-16-7-5-15(21(24)26-3)11-18(16)25-2/h4-7,10-11H,8-9,12-13H2,1-3H3. The Balaban J connectivity index is 1.59. The second-order valence-corrected chi connectivity index (χ2v) is 6.37. The van der Waals surface area contributed by atoms with Crippen LogP contribution in [-0.4, -0.2) is 57.9 Å². The highest BCUT2D eigenvalue weighted by Crippen LogP contribution is 2.31. The Morgan fingerprint density at radius 1 is 1.00 bits per heavy atom. The zero-order valence-electron chi connectivity index (χ0n) is 16.6. The minimum Gasteiger partial charge on any atom is -0.493 e. The number of amides is 1. The van der Waals surface area contributed by atoms with Gasteiger partial charge in [0.05, 0.1) is 19.8 Å². The van der Waals surface area contributed by atoms with Crippen molar-refractivity contribution >= 4 is 11.9 Å². The fraction of sp³-hybridized carbons (Fsp3) is 0.333. The number of likely N-dealkylation sites (N-methyl/N-ethyl adjacent to an activating group) is 1. The van der Waals surface area contributed by atoms with E-state index in [0.29, 0.717) is 48.3 Å². The smallest absolute Gasteiger partial charge is 0.337 e. The molecule has 3 rings (SSSR count). The highest BCUT2D eigenvalue weighted by Gasteiger charge is 2.16. The average Bonchev–Trinajstić information content (AvgIpc) is 2.76. The van der Waals surface area contributed by atoms with Crippen LogP contribution >= 0.6 is 0 Å². The molecular weight excluding hydrogens is 378 g/mol. The van der Waals surface area contributed by atoms with E-state index in [2.05, 4.69) is 4.74 Å². The van der Waals surface area contributed by atoms with Gasteiger partial charge in [0.15, 0.2) is 29.6 Å². The highest BCUT2D eigenvalue weighted by molar-refractivity contribution is 5.90. The van der Waals surface area contributed by atoms with Crippen molar-refractivity contribution in [1.29, 1.82) is 0 Å². The monoisotopic (exact) mass is 401 g/mol. The molecule has 2 aromatic carbocycles. The molecule has 0 aliphatic carbocycles. The summed E-state index contributed by atoms with van der Waals surface area (Å²) in [4.78, 5) is 25.6. The maximum atomic E-state index is 12.5. The number of ether oxygens (including phenoxy) is 5. The summed E-state index contributed by atoms with van der Waals surface area (Å²) < 4.78 is 26.6. The molecule has 1 amide bonds. The van der Waals surface area contributed by atoms with Crippen molar-refractivity contribution in [2.75, 3.05) is 41.1 Å². The Morgan fingerprint density at radius 3 is 2.48 bits per heavy atom. The third kappa shape index (κ3) is 4.90. The molecule has 29 heavy (non-hydrogen) atoms. The molecule has 2 aromatic rings. The summed E-state index contributed by atoms with van der Waals surface area (Å²) in [6, 6.07) is 10.2. The number of nitrogens with zero attached hydrogens (tertiary/aromatic N) is 1. The summed E-state index contributed by atoms with van der Waals surface area (Å²) in [5, 5.41) is 0. The van der Waals surface area contributed by atoms with Crippen LogP contribution in [0.25, 0.3) is 0 Å². The number of esters is 1. The minimum atomic E-state index is -0.481. The van der Waals surface area contributed by atoms with E-state index >= 15 is 0 Å². The maximum absolute atomic E-state index is 12.5. The minimum absolute atomic E-state index is 0.172. The van der Waals surface area contributed by atoms with Gasteiger partial charge in [0, 0.05) is 13.6 Å². The molecule has 0 fully saturated rings. The van der Waals surface area contributed by atoms with Crippen molar-refractivity contribution in [3.05, 3.63) is 47.5 Å². The Bertz CT molecular complexity index is 897. The van der Waals surface area contributed by atoms with E-state index in [1.165, 1.54) is 20.3 Å². The van der Waals surface area contributed by atoms with Gasteiger partial charge in [0.25, 0.3) is 5.91 Å². The molecule has 154 valence electrons. The lowest BCUT2D eigenvalue weighted by Gasteiger charge is -2.21. The van der Waals surface area contributed by atoms with Crippen LogP contribution in [-0.2, 0) is 16.1 Å². The summed E-state index contributed by atoms with van der Waals surface area (Å²) in [7, 11) is 4.45. The molecule has 0 atom stereocenters. The molecular formula is C21H23NO7. The van der Waals surface area contributed by atoms with Gasteiger partial charge in [-0.1, -0.05) is 6.07 Å². The maximum Gasteiger partial charge on any atom is 0.337 e. The molecule has 0 saturated carbocycles. The number of carbonyl (C=O) groups is 2. The van der Waals surface area contributed by atoms with Gasteiger partial charge in [0.2, 0.25) is 0 Å². The average molecular weight is 401 g/mol. The van der Waals surface area contributed by atoms with Gasteiger partial charge < -0.3 is 28.6 Å². The topological polar surface area (TPSA) is 83.5 Å². The largest absolute Gasteiger partial charge is 0.493 e. The molecule has 0 bridgehead atoms. The first-order chi connectivity index (χ1) is 14.0. The summed E-state index contributed by atoms with van der Waals surface area (Å²) in [6.45, 7) is 1.27. The fourth-order valence-electron chi connectivity index (χ4n) is 2.83. The number of rotatable bonds is 7. The molecule has 8 nitrogen and oxygen atoms in total. The van der Waals surface area contributed by atoms with E-state index in [0.717, 1.165) is 5.56 Å². The van der Waals surface area contributed by atoms with E-state index in [-0.39, 0.29) is 12.5 Å². The van der Waals surface area contributed by atoms with Crippen molar-refractivity contribution in [2.24, 2.45) is 0 Å². The zero-order chi connectivity index (χ0) is 20.8. The van der Waals surface area contributed by atoms with Crippen LogP contribution in [0.4, 0.5) is 0 Å². The van der Waals surface area contributed by atoms with Crippen LogP contribution in [0.2, 0.25) is 0 Å². The molecule has 1 heterocycles. The second kappa shape index (κ2) is 9.18. The van der Waals surface area contributed by atoms with Crippen molar-refractivity contribution in [3.8, 4) is 23.0 Å². The Kier molecular flexibility index (Phi) is 6.43. The van der Waals surface area contributed by atoms with Gasteiger partial charge in [-0.15, -0.1) is 0 Å². The van der Waals surface area contributed by atoms with E-state index in [9.17, 15) is 9.59 Å². The van der Waals surface area contributed by atoms with E-state index in [1.54, 1.807) is 24.1 Å². The van der Waals surface area contributed by atoms with Crippen LogP contribution in [0.1, 0.15) is 15.9 Å². The molecule has 0 N–H and O–H groups in total. The van der Waals surface area contributed by atoms with Crippen LogP contribution in [0, 0.1) is 0 Å². The summed E-state index contributed by atoms with van der Waals surface area (Å²) >= 11 is 0. The molecule has 1 aliphatic rings. The molecule has 8 heteroatoms. The Hall–Kier alpha value is -3.42. The third-order valence-corrected chi connectivity index (χ3v) is 4.39. The number of benzene rings is 2. The molecule has 1 aliphatic heterocycles. The predicted molar refractivity (Wildman–Crippen MR) is 104 cm³/mol. The van der Waals surface area contributed by atoms with E-state index in [1.807, 2.05) is 18.2 Å². The number of methoxy groups -OCH3 is 2. The second-order valence-electron chi connectivity index (χ2n) is 6.37. The van der Waals surface area contributed by atoms with Crippen LogP contribution in [0.3, 0.4) is 0 Å². The van der Waals surface area contributed by atoms with Crippen LogP contribution in [0.15, 0.2) is 36.4 Å². The molecule has 0 spiro atoms. The van der Waals surface area contributed by atoms with E-state index < -0.39 is 5.97 Å². The highest BCUT2D eigenvalue weighted by atomic mass is 16.6. The first kappa shape index (κ1) is 20.3. The summed E-state index contributed by atoms with van der Waals surface area (Å²) in [5.41, 5.74) is 1.25. The van der Waals surface area contributed by atoms with E-state index in [4.69, 9.17) is 18.9 Å². The van der Waals surface area contributed by atoms with Gasteiger partial charge in [-0.05, 0) is 35.9 Å². The van der Waals surface area contributed by atoms with Gasteiger partial charge in [-0.25, -0.2) is 4.79 Å².